The molecule has 158 valence electrons. The van der Waals surface area contributed by atoms with Gasteiger partial charge in [-0.05, 0) is 17.4 Å². The molecule has 0 aromatic heterocycles. The van der Waals surface area contributed by atoms with E-state index in [1.807, 2.05) is 54.8 Å². The molecule has 0 spiro atoms. The number of ether oxygens (including phenoxy) is 1. The summed E-state index contributed by atoms with van der Waals surface area (Å²) in [4.78, 5) is 0. The molecule has 0 saturated carbocycles. The zero-order chi connectivity index (χ0) is 21.0. The molecule has 0 aliphatic carbocycles. The number of amidine groups is 1. The number of nitrogens with zero attached hydrogens (tertiary/aromatic N) is 4. The molecule has 2 heterocycles. The van der Waals surface area contributed by atoms with Gasteiger partial charge in [0.2, 0.25) is 0 Å². The molecule has 1 saturated heterocycles. The van der Waals surface area contributed by atoms with E-state index in [9.17, 15) is 8.42 Å². The van der Waals surface area contributed by atoms with Gasteiger partial charge in [0.1, 0.15) is 0 Å². The summed E-state index contributed by atoms with van der Waals surface area (Å²) in [5, 5.41) is 6.89. The van der Waals surface area contributed by atoms with Gasteiger partial charge in [-0.25, -0.2) is 5.01 Å². The normalized spacial score (nSPS) is 21.0. The molecule has 0 radical (unpaired) electrons. The average Bonchev–Trinajstić information content (AvgIpc) is 3.25. The van der Waals surface area contributed by atoms with Crippen molar-refractivity contribution in [1.29, 1.82) is 0 Å². The van der Waals surface area contributed by atoms with Gasteiger partial charge in [-0.15, -0.1) is 4.40 Å². The highest BCUT2D eigenvalue weighted by Gasteiger charge is 2.33. The lowest BCUT2D eigenvalue weighted by atomic mass is 9.91. The second-order valence-electron chi connectivity index (χ2n) is 6.96. The average molecular weight is 445 g/mol. The van der Waals surface area contributed by atoms with Crippen molar-refractivity contribution in [3.63, 3.8) is 0 Å². The van der Waals surface area contributed by atoms with E-state index in [-0.39, 0.29) is 5.92 Å². The lowest BCUT2D eigenvalue weighted by molar-refractivity contribution is 0.0730. The Labute approximate surface area is 181 Å². The first-order valence-electron chi connectivity index (χ1n) is 9.76. The Balaban J connectivity index is 1.68. The molecule has 0 bridgehead atoms. The molecular weight excluding hydrogens is 420 g/mol. The van der Waals surface area contributed by atoms with Crippen molar-refractivity contribution in [3.05, 3.63) is 71.8 Å². The first kappa shape index (κ1) is 21.0. The van der Waals surface area contributed by atoms with Crippen molar-refractivity contribution < 1.29 is 13.2 Å². The predicted octanol–water partition coefficient (Wildman–Crippen LogP) is 2.79. The molecule has 1 fully saturated rings. The van der Waals surface area contributed by atoms with Gasteiger partial charge in [0, 0.05) is 19.0 Å². The van der Waals surface area contributed by atoms with E-state index in [2.05, 4.69) is 16.5 Å². The highest BCUT2D eigenvalue weighted by Crippen LogP contribution is 2.30. The Hall–Kier alpha value is -2.20. The molecule has 1 atom stereocenters. The van der Waals surface area contributed by atoms with Crippen LogP contribution in [0.25, 0.3) is 0 Å². The van der Waals surface area contributed by atoms with Crippen LogP contribution in [0, 0.1) is 0 Å². The summed E-state index contributed by atoms with van der Waals surface area (Å²) in [5.74, 6) is 0.0250. The van der Waals surface area contributed by atoms with Crippen molar-refractivity contribution in [2.24, 2.45) is 9.50 Å². The number of hydrogen-bond acceptors (Lipinski definition) is 5. The van der Waals surface area contributed by atoms with E-state index in [0.29, 0.717) is 38.0 Å². The first-order chi connectivity index (χ1) is 14.6. The fraction of sp³-hybridized carbons (Fsp3) is 0.333. The van der Waals surface area contributed by atoms with Crippen LogP contribution in [-0.2, 0) is 14.9 Å². The standard InChI is InChI=1S/C21H24N4O3S2/c1-29-21(23-30(26,27)24-12-14-28-15-13-24)25-16-19(17-8-4-2-5-9-17)20(22-25)18-10-6-3-7-11-18/h2-11,19H,12-16H2,1H3. The molecule has 30 heavy (non-hydrogen) atoms. The van der Waals surface area contributed by atoms with Crippen LogP contribution in [0.15, 0.2) is 70.2 Å². The summed E-state index contributed by atoms with van der Waals surface area (Å²) < 4.78 is 36.4. The summed E-state index contributed by atoms with van der Waals surface area (Å²) in [6.45, 7) is 1.95. The highest BCUT2D eigenvalue weighted by molar-refractivity contribution is 8.13. The quantitative estimate of drug-likeness (QED) is 0.536. The molecule has 7 nitrogen and oxygen atoms in total. The van der Waals surface area contributed by atoms with Gasteiger partial charge >= 0.3 is 10.2 Å². The Kier molecular flexibility index (Phi) is 6.52. The Morgan fingerprint density at radius 3 is 2.33 bits per heavy atom. The lowest BCUT2D eigenvalue weighted by Crippen LogP contribution is -2.40. The second-order valence-corrected chi connectivity index (χ2v) is 9.33. The largest absolute Gasteiger partial charge is 0.379 e. The van der Waals surface area contributed by atoms with Crippen LogP contribution in [-0.4, -0.2) is 67.7 Å². The summed E-state index contributed by atoms with van der Waals surface area (Å²) in [7, 11) is -3.79. The first-order valence-corrected chi connectivity index (χ1v) is 12.4. The Morgan fingerprint density at radius 2 is 1.70 bits per heavy atom. The lowest BCUT2D eigenvalue weighted by Gasteiger charge is -2.24. The zero-order valence-corrected chi connectivity index (χ0v) is 18.3. The Bertz CT molecular complexity index is 1020. The van der Waals surface area contributed by atoms with Crippen molar-refractivity contribution in [2.75, 3.05) is 39.1 Å². The van der Waals surface area contributed by atoms with E-state index in [4.69, 9.17) is 9.84 Å². The van der Waals surface area contributed by atoms with Crippen molar-refractivity contribution in [2.45, 2.75) is 5.92 Å². The summed E-state index contributed by atoms with van der Waals surface area (Å²) in [6.07, 6.45) is 1.82. The second kappa shape index (κ2) is 9.30. The highest BCUT2D eigenvalue weighted by atomic mass is 32.2. The van der Waals surface area contributed by atoms with E-state index in [1.165, 1.54) is 16.1 Å². The number of thioether (sulfide) groups is 1. The molecule has 0 amide bonds. The van der Waals surface area contributed by atoms with E-state index in [1.54, 1.807) is 5.01 Å². The van der Waals surface area contributed by atoms with Crippen LogP contribution in [0.1, 0.15) is 17.0 Å². The van der Waals surface area contributed by atoms with E-state index >= 15 is 0 Å². The van der Waals surface area contributed by atoms with Gasteiger partial charge < -0.3 is 4.74 Å². The van der Waals surface area contributed by atoms with Gasteiger partial charge in [-0.2, -0.15) is 17.8 Å². The van der Waals surface area contributed by atoms with Crippen LogP contribution in [0.3, 0.4) is 0 Å². The molecule has 2 aromatic carbocycles. The van der Waals surface area contributed by atoms with Crippen molar-refractivity contribution >= 4 is 32.9 Å². The summed E-state index contributed by atoms with van der Waals surface area (Å²) >= 11 is 1.28. The van der Waals surface area contributed by atoms with Crippen LogP contribution in [0.5, 0.6) is 0 Å². The molecule has 1 unspecified atom stereocenters. The van der Waals surface area contributed by atoms with Gasteiger partial charge in [0.05, 0.1) is 25.5 Å². The fourth-order valence-corrected chi connectivity index (χ4v) is 5.49. The molecular formula is C21H24N4O3S2. The van der Waals surface area contributed by atoms with Crippen molar-refractivity contribution in [1.82, 2.24) is 9.31 Å². The minimum atomic E-state index is -3.79. The topological polar surface area (TPSA) is 74.6 Å². The van der Waals surface area contributed by atoms with Crippen molar-refractivity contribution in [3.8, 4) is 0 Å². The minimum absolute atomic E-state index is 0.0250. The molecule has 9 heteroatoms. The molecule has 0 N–H and O–H groups in total. The number of morpholine rings is 1. The summed E-state index contributed by atoms with van der Waals surface area (Å²) in [6, 6.07) is 20.1. The molecule has 2 aliphatic rings. The van der Waals surface area contributed by atoms with E-state index in [0.717, 1.165) is 16.8 Å². The van der Waals surface area contributed by atoms with E-state index < -0.39 is 10.2 Å². The van der Waals surface area contributed by atoms with Gasteiger partial charge in [0.25, 0.3) is 0 Å². The zero-order valence-electron chi connectivity index (χ0n) is 16.7. The maximum absolute atomic E-state index is 12.8. The number of hydrazone groups is 1. The van der Waals surface area contributed by atoms with Gasteiger partial charge in [0.15, 0.2) is 5.17 Å². The third-order valence-corrected chi connectivity index (χ3v) is 7.28. The SMILES string of the molecule is CSC(=NS(=O)(=O)N1CCOCC1)N1CC(c2ccccc2)C(c2ccccc2)=N1. The summed E-state index contributed by atoms with van der Waals surface area (Å²) in [5.41, 5.74) is 3.07. The minimum Gasteiger partial charge on any atom is -0.379 e. The number of hydrogen-bond donors (Lipinski definition) is 0. The fourth-order valence-electron chi connectivity index (χ4n) is 3.56. The number of benzene rings is 2. The maximum atomic E-state index is 12.8. The van der Waals surface area contributed by atoms with Crippen LogP contribution < -0.4 is 0 Å². The molecule has 2 aromatic rings. The molecule has 2 aliphatic heterocycles. The van der Waals surface area contributed by atoms with Crippen LogP contribution in [0.2, 0.25) is 0 Å². The smallest absolute Gasteiger partial charge is 0.324 e. The number of rotatable bonds is 4. The Morgan fingerprint density at radius 1 is 1.07 bits per heavy atom. The van der Waals surface area contributed by atoms with Gasteiger partial charge in [-0.1, -0.05) is 72.4 Å². The predicted molar refractivity (Wildman–Crippen MR) is 121 cm³/mol. The third-order valence-electron chi connectivity index (χ3n) is 5.08. The van der Waals surface area contributed by atoms with Crippen LogP contribution >= 0.6 is 11.8 Å². The van der Waals surface area contributed by atoms with Gasteiger partial charge in [-0.3, -0.25) is 0 Å². The van der Waals surface area contributed by atoms with Crippen LogP contribution in [0.4, 0.5) is 0 Å². The maximum Gasteiger partial charge on any atom is 0.324 e. The monoisotopic (exact) mass is 444 g/mol. The molecule has 4 rings (SSSR count). The third kappa shape index (κ3) is 4.59.